The first-order valence-electron chi connectivity index (χ1n) is 8.87. The molecule has 3 aromatic carbocycles. The van der Waals surface area contributed by atoms with Crippen LogP contribution in [-0.2, 0) is 11.4 Å². The van der Waals surface area contributed by atoms with Crippen molar-refractivity contribution in [2.24, 2.45) is 5.10 Å². The van der Waals surface area contributed by atoms with Crippen molar-refractivity contribution in [1.29, 1.82) is 0 Å². The van der Waals surface area contributed by atoms with Gasteiger partial charge in [0.1, 0.15) is 12.4 Å². The number of nitrogens with zero attached hydrogens (tertiary/aromatic N) is 1. The van der Waals surface area contributed by atoms with Crippen molar-refractivity contribution in [2.75, 3.05) is 5.75 Å². The molecule has 3 rings (SSSR count). The lowest BCUT2D eigenvalue weighted by Crippen LogP contribution is -2.19. The summed E-state index contributed by atoms with van der Waals surface area (Å²) in [5.74, 6) is 0.926. The van der Waals surface area contributed by atoms with Gasteiger partial charge in [0.15, 0.2) is 0 Å². The van der Waals surface area contributed by atoms with Gasteiger partial charge >= 0.3 is 0 Å². The minimum atomic E-state index is -0.168. The number of hydrogen-bond donors (Lipinski definition) is 1. The van der Waals surface area contributed by atoms with Gasteiger partial charge in [0.25, 0.3) is 0 Å². The van der Waals surface area contributed by atoms with E-state index >= 15 is 0 Å². The van der Waals surface area contributed by atoms with Crippen LogP contribution < -0.4 is 10.2 Å². The highest BCUT2D eigenvalue weighted by Crippen LogP contribution is 2.23. The average molecular weight is 663 g/mol. The minimum absolute atomic E-state index is 0.168. The van der Waals surface area contributed by atoms with Gasteiger partial charge in [-0.15, -0.1) is 11.8 Å². The number of hydrazone groups is 1. The smallest absolute Gasteiger partial charge is 0.250 e. The van der Waals surface area contributed by atoms with Gasteiger partial charge in [0, 0.05) is 13.5 Å². The highest BCUT2D eigenvalue weighted by Gasteiger charge is 2.04. The van der Waals surface area contributed by atoms with Crippen LogP contribution in [0.15, 0.2) is 76.7 Å². The molecule has 1 N–H and O–H groups in total. The molecule has 0 fully saturated rings. The van der Waals surface area contributed by atoms with E-state index in [-0.39, 0.29) is 11.7 Å². The van der Waals surface area contributed by atoms with Crippen molar-refractivity contribution in [3.63, 3.8) is 0 Å². The summed E-state index contributed by atoms with van der Waals surface area (Å²) in [5.41, 5.74) is 4.55. The molecule has 0 aromatic heterocycles. The molecule has 0 aliphatic carbocycles. The maximum absolute atomic E-state index is 11.9. The summed E-state index contributed by atoms with van der Waals surface area (Å²) in [6, 6.07) is 21.4. The van der Waals surface area contributed by atoms with Crippen LogP contribution >= 0.6 is 68.5 Å². The van der Waals surface area contributed by atoms with E-state index in [9.17, 15) is 4.79 Å². The Morgan fingerprint density at radius 1 is 1.07 bits per heavy atom. The molecule has 8 heteroatoms. The van der Waals surface area contributed by atoms with Crippen LogP contribution in [0.25, 0.3) is 0 Å². The molecule has 0 heterocycles. The predicted octanol–water partition coefficient (Wildman–Crippen LogP) is 6.37. The molecule has 154 valence electrons. The van der Waals surface area contributed by atoms with Crippen LogP contribution in [0.3, 0.4) is 0 Å². The van der Waals surface area contributed by atoms with Crippen LogP contribution in [0.4, 0.5) is 0 Å². The summed E-state index contributed by atoms with van der Waals surface area (Å²) < 4.78 is 8.08. The van der Waals surface area contributed by atoms with Gasteiger partial charge in [0.2, 0.25) is 5.91 Å². The molecule has 30 heavy (non-hydrogen) atoms. The normalized spacial score (nSPS) is 10.9. The third kappa shape index (κ3) is 7.75. The Bertz CT molecular complexity index is 1030. The minimum Gasteiger partial charge on any atom is -0.488 e. The van der Waals surface area contributed by atoms with Crippen LogP contribution in [0.5, 0.6) is 5.75 Å². The molecule has 0 spiro atoms. The average Bonchev–Trinajstić information content (AvgIpc) is 2.74. The van der Waals surface area contributed by atoms with E-state index in [1.54, 1.807) is 18.3 Å². The Morgan fingerprint density at radius 2 is 1.80 bits per heavy atom. The number of hydrogen-bond acceptors (Lipinski definition) is 4. The standard InChI is InChI=1S/C22H17ClI2N2O2S/c23-17-4-8-19(9-5-17)30-14-22(28)27-26-12-16-3-10-21(20(25)11-16)29-13-15-1-6-18(24)7-2-15/h1-12H,13-14H2,(H,27,28)/b26-12-. The lowest BCUT2D eigenvalue weighted by atomic mass is 10.2. The number of carbonyl (C=O) groups is 1. The quantitative estimate of drug-likeness (QED) is 0.132. The van der Waals surface area contributed by atoms with Gasteiger partial charge in [-0.1, -0.05) is 23.7 Å². The van der Waals surface area contributed by atoms with Crippen LogP contribution in [0.1, 0.15) is 11.1 Å². The monoisotopic (exact) mass is 662 g/mol. The van der Waals surface area contributed by atoms with Crippen molar-refractivity contribution < 1.29 is 9.53 Å². The number of benzene rings is 3. The number of halogens is 3. The van der Waals surface area contributed by atoms with Crippen molar-refractivity contribution >= 4 is 80.7 Å². The molecule has 0 aliphatic rings. The van der Waals surface area contributed by atoms with E-state index in [2.05, 4.69) is 80.0 Å². The topological polar surface area (TPSA) is 50.7 Å². The summed E-state index contributed by atoms with van der Waals surface area (Å²) in [5, 5.41) is 4.71. The summed E-state index contributed by atoms with van der Waals surface area (Å²) in [4.78, 5) is 12.9. The van der Waals surface area contributed by atoms with E-state index in [4.69, 9.17) is 16.3 Å². The number of amides is 1. The van der Waals surface area contributed by atoms with E-state index < -0.39 is 0 Å². The largest absolute Gasteiger partial charge is 0.488 e. The van der Waals surface area contributed by atoms with Crippen LogP contribution in [0.2, 0.25) is 5.02 Å². The van der Waals surface area contributed by atoms with E-state index in [1.165, 1.54) is 15.3 Å². The Labute approximate surface area is 212 Å². The molecule has 0 radical (unpaired) electrons. The molecule has 0 atom stereocenters. The van der Waals surface area contributed by atoms with Crippen molar-refractivity contribution in [3.05, 3.63) is 90.0 Å². The number of rotatable bonds is 8. The van der Waals surface area contributed by atoms with Gasteiger partial charge in [-0.2, -0.15) is 5.10 Å². The van der Waals surface area contributed by atoms with Gasteiger partial charge in [0.05, 0.1) is 15.5 Å². The fourth-order valence-electron chi connectivity index (χ4n) is 2.35. The second kappa shape index (κ2) is 11.9. The maximum atomic E-state index is 11.9. The first kappa shape index (κ1) is 23.4. The molecular weight excluding hydrogens is 646 g/mol. The van der Waals surface area contributed by atoms with Crippen molar-refractivity contribution in [2.45, 2.75) is 11.5 Å². The molecule has 0 aliphatic heterocycles. The number of carbonyl (C=O) groups excluding carboxylic acids is 1. The lowest BCUT2D eigenvalue weighted by Gasteiger charge is -2.09. The van der Waals surface area contributed by atoms with Crippen LogP contribution in [0, 0.1) is 7.14 Å². The summed E-state index contributed by atoms with van der Waals surface area (Å²) >= 11 is 11.8. The molecule has 0 unspecified atom stereocenters. The van der Waals surface area contributed by atoms with E-state index in [0.717, 1.165) is 25.3 Å². The zero-order valence-electron chi connectivity index (χ0n) is 15.6. The van der Waals surface area contributed by atoms with Gasteiger partial charge in [-0.25, -0.2) is 5.43 Å². The summed E-state index contributed by atoms with van der Waals surface area (Å²) in [6.45, 7) is 0.516. The zero-order valence-corrected chi connectivity index (χ0v) is 21.5. The second-order valence-corrected chi connectivity index (χ2v) is 10.0. The summed E-state index contributed by atoms with van der Waals surface area (Å²) in [7, 11) is 0. The Kier molecular flexibility index (Phi) is 9.28. The SMILES string of the molecule is O=C(CSc1ccc(Cl)cc1)N/N=C\c1ccc(OCc2ccc(I)cc2)c(I)c1. The maximum Gasteiger partial charge on any atom is 0.250 e. The van der Waals surface area contributed by atoms with Gasteiger partial charge in [-0.3, -0.25) is 4.79 Å². The highest BCUT2D eigenvalue weighted by molar-refractivity contribution is 14.1. The zero-order chi connectivity index (χ0) is 21.3. The fourth-order valence-corrected chi connectivity index (χ4v) is 4.22. The van der Waals surface area contributed by atoms with Gasteiger partial charge in [-0.05, 0) is 111 Å². The lowest BCUT2D eigenvalue weighted by molar-refractivity contribution is -0.118. The van der Waals surface area contributed by atoms with Crippen LogP contribution in [-0.4, -0.2) is 17.9 Å². The first-order chi connectivity index (χ1) is 14.5. The van der Waals surface area contributed by atoms with E-state index in [0.29, 0.717) is 11.6 Å². The molecule has 0 saturated heterocycles. The van der Waals surface area contributed by atoms with Crippen molar-refractivity contribution in [1.82, 2.24) is 5.43 Å². The van der Waals surface area contributed by atoms with Gasteiger partial charge < -0.3 is 4.74 Å². The molecule has 0 bridgehead atoms. The Hall–Kier alpha value is -1.30. The molecule has 0 saturated carbocycles. The van der Waals surface area contributed by atoms with Crippen molar-refractivity contribution in [3.8, 4) is 5.75 Å². The second-order valence-electron chi connectivity index (χ2n) is 6.14. The highest BCUT2D eigenvalue weighted by atomic mass is 127. The first-order valence-corrected chi connectivity index (χ1v) is 12.4. The predicted molar refractivity (Wildman–Crippen MR) is 141 cm³/mol. The third-order valence-electron chi connectivity index (χ3n) is 3.85. The summed E-state index contributed by atoms with van der Waals surface area (Å²) in [6.07, 6.45) is 1.62. The fraction of sp³-hybridized carbons (Fsp3) is 0.0909. The molecular formula is C22H17ClI2N2O2S. The third-order valence-corrected chi connectivity index (χ3v) is 6.68. The number of nitrogens with one attached hydrogen (secondary N) is 1. The Balaban J connectivity index is 1.47. The number of thioether (sulfide) groups is 1. The van der Waals surface area contributed by atoms with E-state index in [1.807, 2.05) is 30.3 Å². The molecule has 1 amide bonds. The molecule has 3 aromatic rings. The Morgan fingerprint density at radius 3 is 2.50 bits per heavy atom. The number of ether oxygens (including phenoxy) is 1. The molecule has 4 nitrogen and oxygen atoms in total.